The van der Waals surface area contributed by atoms with Gasteiger partial charge >= 0.3 is 0 Å². The second-order valence-electron chi connectivity index (χ2n) is 14.0. The van der Waals surface area contributed by atoms with Gasteiger partial charge in [0.25, 0.3) is 11.4 Å². The van der Waals surface area contributed by atoms with Crippen LogP contribution in [0, 0.1) is 20.2 Å². The van der Waals surface area contributed by atoms with Crippen LogP contribution >= 0.6 is 0 Å². The predicted octanol–water partition coefficient (Wildman–Crippen LogP) is 5.81. The van der Waals surface area contributed by atoms with Gasteiger partial charge in [-0.05, 0) is 59.7 Å². The Morgan fingerprint density at radius 3 is 1.17 bits per heavy atom. The van der Waals surface area contributed by atoms with Gasteiger partial charge < -0.3 is 43.3 Å². The third-order valence-corrected chi connectivity index (χ3v) is 10.7. The number of piperazine rings is 2. The topological polar surface area (TPSA) is 180 Å². The highest BCUT2D eigenvalue weighted by molar-refractivity contribution is 5.78. The van der Waals surface area contributed by atoms with E-state index in [0.717, 1.165) is 11.4 Å². The van der Waals surface area contributed by atoms with E-state index >= 15 is 0 Å². The van der Waals surface area contributed by atoms with E-state index in [1.54, 1.807) is 62.5 Å². The van der Waals surface area contributed by atoms with Gasteiger partial charge in [-0.15, -0.1) is 0 Å². The molecule has 2 saturated heterocycles. The lowest BCUT2D eigenvalue weighted by Gasteiger charge is -2.38. The molecule has 17 heteroatoms. The second kappa shape index (κ2) is 19.2. The minimum atomic E-state index is -0.915. The van der Waals surface area contributed by atoms with Gasteiger partial charge in [-0.3, -0.25) is 29.8 Å². The van der Waals surface area contributed by atoms with E-state index in [9.17, 15) is 29.8 Å². The average molecular weight is 813 g/mol. The van der Waals surface area contributed by atoms with Gasteiger partial charge in [0, 0.05) is 100 Å². The van der Waals surface area contributed by atoms with Gasteiger partial charge in [-0.25, -0.2) is 0 Å². The molecule has 0 spiro atoms. The molecule has 59 heavy (non-hydrogen) atoms. The summed E-state index contributed by atoms with van der Waals surface area (Å²) < 4.78 is 28.4. The van der Waals surface area contributed by atoms with Crippen LogP contribution in [-0.4, -0.2) is 112 Å². The first-order chi connectivity index (χ1) is 28.5. The molecule has 0 bridgehead atoms. The third-order valence-electron chi connectivity index (χ3n) is 10.7. The van der Waals surface area contributed by atoms with Crippen molar-refractivity contribution in [1.29, 1.82) is 0 Å². The fourth-order valence-corrected chi connectivity index (χ4v) is 7.36. The summed E-state index contributed by atoms with van der Waals surface area (Å²) in [6, 6.07) is 22.9. The molecule has 0 radical (unpaired) electrons. The van der Waals surface area contributed by atoms with Crippen LogP contribution in [-0.2, 0) is 14.3 Å². The maximum atomic E-state index is 14.0. The number of methoxy groups -OCH3 is 4. The first kappa shape index (κ1) is 42.0. The molecule has 2 fully saturated rings. The van der Waals surface area contributed by atoms with Crippen molar-refractivity contribution in [2.45, 2.75) is 25.0 Å². The summed E-state index contributed by atoms with van der Waals surface area (Å²) in [4.78, 5) is 57.9. The number of non-ortho nitro benzene ring substituents is 2. The molecule has 2 unspecified atom stereocenters. The standard InChI is InChI=1S/C42H48N6O11/c1-55-35-15-13-33(25-39(35)57-3)43-17-21-45(22-18-43)41(49)27-37(29-5-9-31(10-6-29)47(51)52)59-38(30-7-11-32(12-8-30)48(53)54)28-42(50)46-23-19-44(20-24-46)34-14-16-36(56-2)40(26-34)58-4/h5-16,25-26,37-38H,17-24,27-28H2,1-4H3. The average Bonchev–Trinajstić information content (AvgIpc) is 3.28. The van der Waals surface area contributed by atoms with E-state index < -0.39 is 22.1 Å². The lowest BCUT2D eigenvalue weighted by atomic mass is 10.0. The van der Waals surface area contributed by atoms with E-state index in [-0.39, 0.29) is 36.0 Å². The summed E-state index contributed by atoms with van der Waals surface area (Å²) in [7, 11) is 6.30. The van der Waals surface area contributed by atoms with Crippen LogP contribution < -0.4 is 28.7 Å². The number of rotatable bonds is 16. The molecule has 312 valence electrons. The molecule has 0 N–H and O–H groups in total. The smallest absolute Gasteiger partial charge is 0.269 e. The van der Waals surface area contributed by atoms with E-state index in [4.69, 9.17) is 23.7 Å². The molecule has 2 aliphatic rings. The van der Waals surface area contributed by atoms with Crippen LogP contribution in [0.4, 0.5) is 22.7 Å². The van der Waals surface area contributed by atoms with E-state index in [0.29, 0.717) is 86.5 Å². The Balaban J connectivity index is 1.19. The Kier molecular flexibility index (Phi) is 13.7. The molecular formula is C42H48N6O11. The Hall–Kier alpha value is -6.62. The molecule has 0 aromatic heterocycles. The second-order valence-corrected chi connectivity index (χ2v) is 14.0. The molecule has 0 aliphatic carbocycles. The first-order valence-electron chi connectivity index (χ1n) is 19.2. The van der Waals surface area contributed by atoms with Gasteiger partial charge in [0.1, 0.15) is 0 Å². The van der Waals surface area contributed by atoms with Crippen LogP contribution in [0.2, 0.25) is 0 Å². The Morgan fingerprint density at radius 2 is 0.864 bits per heavy atom. The number of benzene rings is 4. The highest BCUT2D eigenvalue weighted by Gasteiger charge is 2.31. The van der Waals surface area contributed by atoms with Gasteiger partial charge in [-0.2, -0.15) is 0 Å². The maximum absolute atomic E-state index is 14.0. The number of amides is 2. The van der Waals surface area contributed by atoms with E-state index in [1.165, 1.54) is 24.3 Å². The van der Waals surface area contributed by atoms with Crippen molar-refractivity contribution in [1.82, 2.24) is 9.80 Å². The van der Waals surface area contributed by atoms with Crippen molar-refractivity contribution in [3.63, 3.8) is 0 Å². The van der Waals surface area contributed by atoms with Gasteiger partial charge in [-0.1, -0.05) is 0 Å². The fraction of sp³-hybridized carbons (Fsp3) is 0.381. The minimum Gasteiger partial charge on any atom is -0.493 e. The van der Waals surface area contributed by atoms with Gasteiger partial charge in [0.15, 0.2) is 23.0 Å². The quantitative estimate of drug-likeness (QED) is 0.0978. The summed E-state index contributed by atoms with van der Waals surface area (Å²) in [5.41, 5.74) is 2.63. The Labute approximate surface area is 341 Å². The van der Waals surface area contributed by atoms with Crippen molar-refractivity contribution < 1.29 is 43.1 Å². The number of carbonyl (C=O) groups is 2. The summed E-state index contributed by atoms with van der Waals surface area (Å²) in [5.74, 6) is 2.05. The summed E-state index contributed by atoms with van der Waals surface area (Å²) in [6.07, 6.45) is -2.06. The van der Waals surface area contributed by atoms with E-state index in [1.807, 2.05) is 36.4 Å². The lowest BCUT2D eigenvalue weighted by Crippen LogP contribution is -2.49. The number of nitro groups is 2. The van der Waals surface area contributed by atoms with Crippen molar-refractivity contribution in [2.75, 3.05) is 90.6 Å². The summed E-state index contributed by atoms with van der Waals surface area (Å²) >= 11 is 0. The molecule has 2 heterocycles. The van der Waals surface area contributed by atoms with Crippen LogP contribution in [0.25, 0.3) is 0 Å². The van der Waals surface area contributed by atoms with Crippen LogP contribution in [0.5, 0.6) is 23.0 Å². The summed E-state index contributed by atoms with van der Waals surface area (Å²) in [5, 5.41) is 23.0. The molecule has 17 nitrogen and oxygen atoms in total. The van der Waals surface area contributed by atoms with Crippen molar-refractivity contribution in [3.05, 3.63) is 116 Å². The highest BCUT2D eigenvalue weighted by atomic mass is 16.6. The maximum Gasteiger partial charge on any atom is 0.269 e. The monoisotopic (exact) mass is 812 g/mol. The summed E-state index contributed by atoms with van der Waals surface area (Å²) in [6.45, 7) is 3.96. The first-order valence-corrected chi connectivity index (χ1v) is 19.2. The van der Waals surface area contributed by atoms with E-state index in [2.05, 4.69) is 9.80 Å². The third kappa shape index (κ3) is 10.1. The number of hydrogen-bond donors (Lipinski definition) is 0. The molecule has 2 amide bonds. The zero-order valence-corrected chi connectivity index (χ0v) is 33.5. The van der Waals surface area contributed by atoms with Gasteiger partial charge in [0.05, 0.1) is 63.3 Å². The molecule has 2 aliphatic heterocycles. The Bertz CT molecular complexity index is 1950. The number of hydrogen-bond acceptors (Lipinski definition) is 13. The van der Waals surface area contributed by atoms with Crippen molar-refractivity contribution in [3.8, 4) is 23.0 Å². The predicted molar refractivity (Wildman–Crippen MR) is 219 cm³/mol. The molecule has 4 aromatic rings. The molecule has 2 atom stereocenters. The van der Waals surface area contributed by atoms with Crippen LogP contribution in [0.15, 0.2) is 84.9 Å². The van der Waals surface area contributed by atoms with Crippen LogP contribution in [0.1, 0.15) is 36.2 Å². The SMILES string of the molecule is COc1ccc(N2CCN(C(=O)CC(OC(CC(=O)N3CCN(c4ccc(OC)c(OC)c4)CC3)c3ccc([N+](=O)[O-])cc3)c3ccc([N+](=O)[O-])cc3)CC2)cc1OC. The van der Waals surface area contributed by atoms with Crippen molar-refractivity contribution in [2.24, 2.45) is 0 Å². The highest BCUT2D eigenvalue weighted by Crippen LogP contribution is 2.36. The van der Waals surface area contributed by atoms with Crippen LogP contribution in [0.3, 0.4) is 0 Å². The number of nitrogens with zero attached hydrogens (tertiary/aromatic N) is 6. The number of ether oxygens (including phenoxy) is 5. The number of carbonyl (C=O) groups excluding carboxylic acids is 2. The largest absolute Gasteiger partial charge is 0.493 e. The van der Waals surface area contributed by atoms with Gasteiger partial charge in [0.2, 0.25) is 11.8 Å². The number of nitro benzene ring substituents is 2. The zero-order chi connectivity index (χ0) is 42.1. The molecule has 0 saturated carbocycles. The fourth-order valence-electron chi connectivity index (χ4n) is 7.36. The zero-order valence-electron chi connectivity index (χ0n) is 33.5. The minimum absolute atomic E-state index is 0.115. The molecular weight excluding hydrogens is 764 g/mol. The molecule has 4 aromatic carbocycles. The normalized spacial score (nSPS) is 15.3. The molecule has 6 rings (SSSR count). The Morgan fingerprint density at radius 1 is 0.525 bits per heavy atom. The lowest BCUT2D eigenvalue weighted by molar-refractivity contribution is -0.385. The van der Waals surface area contributed by atoms with Crippen molar-refractivity contribution >= 4 is 34.6 Å². The number of anilines is 2.